The third kappa shape index (κ3) is 4.76. The highest BCUT2D eigenvalue weighted by atomic mass is 32.2. The number of hydrogen-bond acceptors (Lipinski definition) is 7. The lowest BCUT2D eigenvalue weighted by Gasteiger charge is -2.19. The normalized spacial score (nSPS) is 20.6. The Morgan fingerprint density at radius 3 is 2.62 bits per heavy atom. The molecule has 0 bridgehead atoms. The van der Waals surface area contributed by atoms with E-state index in [2.05, 4.69) is 5.32 Å². The number of rotatable bonds is 5. The third-order valence-corrected chi connectivity index (χ3v) is 4.02. The van der Waals surface area contributed by atoms with Gasteiger partial charge in [0.05, 0.1) is 25.5 Å². The van der Waals surface area contributed by atoms with Gasteiger partial charge in [-0.2, -0.15) is 8.42 Å². The third-order valence-electron chi connectivity index (χ3n) is 3.43. The van der Waals surface area contributed by atoms with Crippen LogP contribution in [0.15, 0.2) is 18.2 Å². The molecule has 0 spiro atoms. The Labute approximate surface area is 140 Å². The number of amides is 1. The van der Waals surface area contributed by atoms with E-state index in [0.717, 1.165) is 6.26 Å². The van der Waals surface area contributed by atoms with Crippen molar-refractivity contribution in [2.45, 2.75) is 26.0 Å². The van der Waals surface area contributed by atoms with E-state index < -0.39 is 34.1 Å². The van der Waals surface area contributed by atoms with E-state index in [1.807, 2.05) is 0 Å². The van der Waals surface area contributed by atoms with Crippen LogP contribution < -0.4 is 10.1 Å². The molecular weight excluding hydrogens is 338 g/mol. The number of carbonyl (C=O) groups is 2. The average molecular weight is 357 g/mol. The molecule has 1 fully saturated rings. The first-order chi connectivity index (χ1) is 11.2. The minimum Gasteiger partial charge on any atom is -0.426 e. The van der Waals surface area contributed by atoms with Gasteiger partial charge in [0, 0.05) is 18.1 Å². The first-order valence-corrected chi connectivity index (χ1v) is 9.04. The molecule has 1 aromatic carbocycles. The van der Waals surface area contributed by atoms with Gasteiger partial charge < -0.3 is 14.8 Å². The van der Waals surface area contributed by atoms with Gasteiger partial charge in [-0.05, 0) is 19.1 Å². The molecule has 0 radical (unpaired) electrons. The van der Waals surface area contributed by atoms with Gasteiger partial charge in [0.25, 0.3) is 16.0 Å². The maximum Gasteiger partial charge on any atom is 0.308 e. The highest BCUT2D eigenvalue weighted by molar-refractivity contribution is 7.86. The molecular formula is C15H19NO7S. The van der Waals surface area contributed by atoms with Crippen LogP contribution in [0.1, 0.15) is 22.8 Å². The fourth-order valence-electron chi connectivity index (χ4n) is 2.36. The van der Waals surface area contributed by atoms with Crippen molar-refractivity contribution in [1.82, 2.24) is 5.32 Å². The van der Waals surface area contributed by atoms with Crippen molar-refractivity contribution in [1.29, 1.82) is 0 Å². The quantitative estimate of drug-likeness (QED) is 0.461. The Balaban J connectivity index is 2.13. The summed E-state index contributed by atoms with van der Waals surface area (Å²) in [4.78, 5) is 23.5. The van der Waals surface area contributed by atoms with Gasteiger partial charge in [-0.3, -0.25) is 13.8 Å². The van der Waals surface area contributed by atoms with Crippen molar-refractivity contribution in [2.75, 3.05) is 19.5 Å². The molecule has 1 aromatic rings. The van der Waals surface area contributed by atoms with Crippen LogP contribution in [-0.4, -0.2) is 51.9 Å². The van der Waals surface area contributed by atoms with Crippen LogP contribution in [0.4, 0.5) is 0 Å². The maximum atomic E-state index is 12.5. The van der Waals surface area contributed by atoms with Gasteiger partial charge in [-0.25, -0.2) is 0 Å². The second kappa shape index (κ2) is 7.29. The molecule has 2 unspecified atom stereocenters. The highest BCUT2D eigenvalue weighted by Crippen LogP contribution is 2.22. The van der Waals surface area contributed by atoms with Crippen molar-refractivity contribution in [3.8, 4) is 5.75 Å². The van der Waals surface area contributed by atoms with Crippen LogP contribution in [0.5, 0.6) is 5.75 Å². The van der Waals surface area contributed by atoms with Gasteiger partial charge >= 0.3 is 5.97 Å². The topological polar surface area (TPSA) is 108 Å². The Hall–Kier alpha value is -1.97. The molecule has 132 valence electrons. The summed E-state index contributed by atoms with van der Waals surface area (Å²) >= 11 is 0. The van der Waals surface area contributed by atoms with Gasteiger partial charge in [0.15, 0.2) is 0 Å². The largest absolute Gasteiger partial charge is 0.426 e. The van der Waals surface area contributed by atoms with Gasteiger partial charge in [-0.1, -0.05) is 6.07 Å². The summed E-state index contributed by atoms with van der Waals surface area (Å²) < 4.78 is 37.7. The molecule has 2 atom stereocenters. The van der Waals surface area contributed by atoms with E-state index in [9.17, 15) is 18.0 Å². The zero-order chi connectivity index (χ0) is 17.9. The number of esters is 1. The van der Waals surface area contributed by atoms with Gasteiger partial charge in [-0.15, -0.1) is 0 Å². The average Bonchev–Trinajstić information content (AvgIpc) is 2.85. The van der Waals surface area contributed by atoms with E-state index in [1.54, 1.807) is 25.1 Å². The summed E-state index contributed by atoms with van der Waals surface area (Å²) in [6.45, 7) is 3.15. The molecule has 0 saturated carbocycles. The molecule has 24 heavy (non-hydrogen) atoms. The molecule has 1 N–H and O–H groups in total. The molecule has 1 saturated heterocycles. The van der Waals surface area contributed by atoms with E-state index in [0.29, 0.717) is 16.9 Å². The minimum atomic E-state index is -3.66. The van der Waals surface area contributed by atoms with Gasteiger partial charge in [0.1, 0.15) is 11.9 Å². The fraction of sp³-hybridized carbons (Fsp3) is 0.467. The predicted octanol–water partition coefficient (Wildman–Crippen LogP) is 0.394. The minimum absolute atomic E-state index is 0.0739. The fourth-order valence-corrected chi connectivity index (χ4v) is 3.00. The zero-order valence-electron chi connectivity index (χ0n) is 13.6. The summed E-state index contributed by atoms with van der Waals surface area (Å²) in [5.74, 6) is -0.623. The number of carbonyl (C=O) groups excluding carboxylic acids is 2. The standard InChI is InChI=1S/C15H19NO7S/c1-9-11(5-4-6-13(9)22-10(2)17)15(18)16-12-7-21-8-14(12)23-24(3,19)20/h4-6,12,14H,7-8H2,1-3H3,(H,16,18). The van der Waals surface area contributed by atoms with Crippen LogP contribution in [0.3, 0.4) is 0 Å². The monoisotopic (exact) mass is 357 g/mol. The molecule has 1 heterocycles. The second-order valence-corrected chi connectivity index (χ2v) is 7.08. The highest BCUT2D eigenvalue weighted by Gasteiger charge is 2.33. The Bertz CT molecular complexity index is 744. The molecule has 0 aliphatic carbocycles. The second-order valence-electron chi connectivity index (χ2n) is 5.48. The molecule has 1 aliphatic rings. The molecule has 8 nitrogen and oxygen atoms in total. The van der Waals surface area contributed by atoms with Crippen molar-refractivity contribution in [3.63, 3.8) is 0 Å². The van der Waals surface area contributed by atoms with E-state index in [-0.39, 0.29) is 13.2 Å². The number of nitrogens with one attached hydrogen (secondary N) is 1. The Morgan fingerprint density at radius 1 is 1.29 bits per heavy atom. The van der Waals surface area contributed by atoms with Crippen molar-refractivity contribution < 1.29 is 31.7 Å². The van der Waals surface area contributed by atoms with Gasteiger partial charge in [0.2, 0.25) is 0 Å². The number of benzene rings is 1. The first-order valence-electron chi connectivity index (χ1n) is 7.22. The summed E-state index contributed by atoms with van der Waals surface area (Å²) in [7, 11) is -3.66. The van der Waals surface area contributed by atoms with E-state index in [4.69, 9.17) is 13.7 Å². The lowest BCUT2D eigenvalue weighted by Crippen LogP contribution is -2.44. The molecule has 0 aromatic heterocycles. The van der Waals surface area contributed by atoms with E-state index in [1.165, 1.54) is 6.92 Å². The van der Waals surface area contributed by atoms with Crippen molar-refractivity contribution in [3.05, 3.63) is 29.3 Å². The molecule has 1 aliphatic heterocycles. The summed E-state index contributed by atoms with van der Waals surface area (Å²) in [5, 5.41) is 2.70. The zero-order valence-corrected chi connectivity index (χ0v) is 14.4. The molecule has 2 rings (SSSR count). The summed E-state index contributed by atoms with van der Waals surface area (Å²) in [6, 6.07) is 4.17. The lowest BCUT2D eigenvalue weighted by atomic mass is 10.1. The van der Waals surface area contributed by atoms with Crippen LogP contribution >= 0.6 is 0 Å². The van der Waals surface area contributed by atoms with Crippen LogP contribution in [0.2, 0.25) is 0 Å². The smallest absolute Gasteiger partial charge is 0.308 e. The first kappa shape index (κ1) is 18.4. The maximum absolute atomic E-state index is 12.5. The lowest BCUT2D eigenvalue weighted by molar-refractivity contribution is -0.131. The Morgan fingerprint density at radius 2 is 2.00 bits per heavy atom. The SMILES string of the molecule is CC(=O)Oc1cccc(C(=O)NC2COCC2OS(C)(=O)=O)c1C. The molecule has 9 heteroatoms. The van der Waals surface area contributed by atoms with E-state index >= 15 is 0 Å². The number of ether oxygens (including phenoxy) is 2. The Kier molecular flexibility index (Phi) is 5.58. The predicted molar refractivity (Wildman–Crippen MR) is 84.3 cm³/mol. The summed E-state index contributed by atoms with van der Waals surface area (Å²) in [5.41, 5.74) is 0.823. The number of hydrogen-bond donors (Lipinski definition) is 1. The van der Waals surface area contributed by atoms with Crippen LogP contribution in [0, 0.1) is 6.92 Å². The summed E-state index contributed by atoms with van der Waals surface area (Å²) in [6.07, 6.45) is 0.164. The molecule has 1 amide bonds. The van der Waals surface area contributed by atoms with Crippen molar-refractivity contribution in [2.24, 2.45) is 0 Å². The van der Waals surface area contributed by atoms with Crippen LogP contribution in [0.25, 0.3) is 0 Å². The van der Waals surface area contributed by atoms with Crippen molar-refractivity contribution >= 4 is 22.0 Å². The van der Waals surface area contributed by atoms with Crippen LogP contribution in [-0.2, 0) is 23.8 Å².